The molecule has 0 spiro atoms. The van der Waals surface area contributed by atoms with E-state index < -0.39 is 42.4 Å². The minimum atomic E-state index is -1.16. The van der Waals surface area contributed by atoms with Gasteiger partial charge in [0.2, 0.25) is 0 Å². The van der Waals surface area contributed by atoms with Gasteiger partial charge in [0.05, 0.1) is 17.7 Å². The Kier molecular flexibility index (Phi) is 5.43. The Bertz CT molecular complexity index is 813. The first-order valence-corrected chi connectivity index (χ1v) is 8.92. The number of cyclic esters (lactones) is 1. The monoisotopic (exact) mass is 388 g/mol. The van der Waals surface area contributed by atoms with Gasteiger partial charge < -0.3 is 9.47 Å². The van der Waals surface area contributed by atoms with Gasteiger partial charge in [0.25, 0.3) is 17.7 Å². The predicted molar refractivity (Wildman–Crippen MR) is 94.2 cm³/mol. The van der Waals surface area contributed by atoms with Crippen LogP contribution in [-0.2, 0) is 19.1 Å². The maximum atomic E-state index is 12.7. The molecule has 148 valence electrons. The fourth-order valence-corrected chi connectivity index (χ4v) is 3.17. The molecule has 28 heavy (non-hydrogen) atoms. The van der Waals surface area contributed by atoms with Crippen LogP contribution in [0.5, 0.6) is 0 Å². The predicted octanol–water partition coefficient (Wildman–Crippen LogP) is 1.22. The number of hydrogen-bond acceptors (Lipinski definition) is 7. The van der Waals surface area contributed by atoms with Gasteiger partial charge in [0.15, 0.2) is 6.61 Å². The van der Waals surface area contributed by atoms with Crippen LogP contribution in [0.15, 0.2) is 24.3 Å². The van der Waals surface area contributed by atoms with Crippen molar-refractivity contribution in [1.29, 1.82) is 0 Å². The fourth-order valence-electron chi connectivity index (χ4n) is 3.17. The summed E-state index contributed by atoms with van der Waals surface area (Å²) in [6.07, 6.45) is -0.607. The first-order valence-electron chi connectivity index (χ1n) is 8.92. The lowest BCUT2D eigenvalue weighted by Gasteiger charge is -2.26. The Hall–Kier alpha value is -3.23. The normalized spacial score (nSPS) is 17.0. The number of carbonyl (C=O) groups excluding carboxylic acids is 5. The maximum absolute atomic E-state index is 12.7. The molecule has 9 heteroatoms. The zero-order chi connectivity index (χ0) is 20.4. The van der Waals surface area contributed by atoms with Crippen LogP contribution in [0.2, 0.25) is 0 Å². The molecule has 1 saturated heterocycles. The second kappa shape index (κ2) is 7.79. The fraction of sp³-hybridized carbons (Fsp3) is 0.421. The summed E-state index contributed by atoms with van der Waals surface area (Å²) in [7, 11) is 0. The number of imide groups is 2. The lowest BCUT2D eigenvalue weighted by Crippen LogP contribution is -2.47. The molecule has 2 aliphatic rings. The lowest BCUT2D eigenvalue weighted by molar-refractivity contribution is -0.154. The molecule has 2 heterocycles. The molecular weight excluding hydrogens is 368 g/mol. The lowest BCUT2D eigenvalue weighted by atomic mass is 10.0. The molecule has 0 aliphatic carbocycles. The van der Waals surface area contributed by atoms with Gasteiger partial charge in [-0.15, -0.1) is 0 Å². The Morgan fingerprint density at radius 3 is 2.21 bits per heavy atom. The van der Waals surface area contributed by atoms with Crippen molar-refractivity contribution in [3.63, 3.8) is 0 Å². The van der Waals surface area contributed by atoms with E-state index in [1.165, 1.54) is 12.1 Å². The zero-order valence-corrected chi connectivity index (χ0v) is 15.5. The number of nitrogens with zero attached hydrogens (tertiary/aromatic N) is 2. The minimum absolute atomic E-state index is 0.0221. The average molecular weight is 388 g/mol. The van der Waals surface area contributed by atoms with Crippen LogP contribution >= 0.6 is 0 Å². The van der Waals surface area contributed by atoms with Crippen molar-refractivity contribution in [3.05, 3.63) is 35.4 Å². The van der Waals surface area contributed by atoms with E-state index >= 15 is 0 Å². The number of carbonyl (C=O) groups is 5. The summed E-state index contributed by atoms with van der Waals surface area (Å²) in [5, 5.41) is 0. The molecule has 0 aromatic heterocycles. The highest BCUT2D eigenvalue weighted by Crippen LogP contribution is 2.27. The van der Waals surface area contributed by atoms with Crippen LogP contribution in [-0.4, -0.2) is 65.4 Å². The largest absolute Gasteiger partial charge is 0.454 e. The van der Waals surface area contributed by atoms with Crippen molar-refractivity contribution < 1.29 is 33.4 Å². The number of amides is 4. The van der Waals surface area contributed by atoms with Gasteiger partial charge >= 0.3 is 12.1 Å². The smallest absolute Gasteiger partial charge is 0.416 e. The van der Waals surface area contributed by atoms with Crippen molar-refractivity contribution >= 4 is 29.8 Å². The first-order chi connectivity index (χ1) is 13.3. The van der Waals surface area contributed by atoms with E-state index in [0.717, 1.165) is 9.80 Å². The third-order valence-electron chi connectivity index (χ3n) is 4.50. The third-order valence-corrected chi connectivity index (χ3v) is 4.50. The van der Waals surface area contributed by atoms with Gasteiger partial charge in [-0.25, -0.2) is 14.5 Å². The highest BCUT2D eigenvalue weighted by molar-refractivity contribution is 6.22. The van der Waals surface area contributed by atoms with Crippen LogP contribution in [0.3, 0.4) is 0 Å². The molecule has 0 unspecified atom stereocenters. The molecule has 4 amide bonds. The first kappa shape index (κ1) is 19.5. The number of hydrogen-bond donors (Lipinski definition) is 0. The van der Waals surface area contributed by atoms with Crippen LogP contribution in [0.1, 0.15) is 41.0 Å². The van der Waals surface area contributed by atoms with E-state index in [-0.39, 0.29) is 36.6 Å². The molecule has 1 atom stereocenters. The highest BCUT2D eigenvalue weighted by Gasteiger charge is 2.43. The Balaban J connectivity index is 1.74. The van der Waals surface area contributed by atoms with Gasteiger partial charge in [-0.1, -0.05) is 26.0 Å². The van der Waals surface area contributed by atoms with E-state index in [4.69, 9.17) is 4.74 Å². The number of benzene rings is 1. The molecule has 1 aromatic rings. The summed E-state index contributed by atoms with van der Waals surface area (Å²) < 4.78 is 9.72. The molecule has 9 nitrogen and oxygen atoms in total. The van der Waals surface area contributed by atoms with Gasteiger partial charge in [-0.2, -0.15) is 0 Å². The second-order valence-corrected chi connectivity index (χ2v) is 6.94. The van der Waals surface area contributed by atoms with Crippen LogP contribution in [0.4, 0.5) is 4.79 Å². The van der Waals surface area contributed by atoms with Crippen molar-refractivity contribution in [2.45, 2.75) is 26.3 Å². The third kappa shape index (κ3) is 3.60. The van der Waals surface area contributed by atoms with E-state index in [1.54, 1.807) is 12.1 Å². The van der Waals surface area contributed by atoms with E-state index in [9.17, 15) is 24.0 Å². The number of fused-ring (bicyclic) bond motifs is 1. The minimum Gasteiger partial charge on any atom is -0.454 e. The highest BCUT2D eigenvalue weighted by atomic mass is 16.6. The molecule has 1 fully saturated rings. The Labute approximate surface area is 161 Å². The molecule has 2 aliphatic heterocycles. The maximum Gasteiger partial charge on any atom is 0.416 e. The average Bonchev–Trinajstić information content (AvgIpc) is 3.20. The van der Waals surface area contributed by atoms with Crippen molar-refractivity contribution in [2.75, 3.05) is 19.8 Å². The molecule has 0 saturated carbocycles. The van der Waals surface area contributed by atoms with Crippen molar-refractivity contribution in [3.8, 4) is 0 Å². The molecule has 1 aromatic carbocycles. The van der Waals surface area contributed by atoms with Gasteiger partial charge in [-0.3, -0.25) is 19.3 Å². The summed E-state index contributed by atoms with van der Waals surface area (Å²) in [6, 6.07) is 5.16. The zero-order valence-electron chi connectivity index (χ0n) is 15.5. The molecule has 3 rings (SSSR count). The summed E-state index contributed by atoms with van der Waals surface area (Å²) in [4.78, 5) is 63.2. The van der Waals surface area contributed by atoms with Gasteiger partial charge in [0, 0.05) is 0 Å². The number of ether oxygens (including phenoxy) is 2. The van der Waals surface area contributed by atoms with E-state index in [2.05, 4.69) is 4.74 Å². The second-order valence-electron chi connectivity index (χ2n) is 6.94. The standard InChI is InChI=1S/C19H20N2O7/c1-11(2)9-14(18(25)28-10-15(22)20-7-8-27-19(20)26)21-16(23)12-5-3-4-6-13(12)17(21)24/h3-6,11,14H,7-10H2,1-2H3/t14-/m0/s1. The summed E-state index contributed by atoms with van der Waals surface area (Å²) >= 11 is 0. The summed E-state index contributed by atoms with van der Waals surface area (Å²) in [5.74, 6) is -2.76. The van der Waals surface area contributed by atoms with Gasteiger partial charge in [0.1, 0.15) is 12.6 Å². The Morgan fingerprint density at radius 2 is 1.71 bits per heavy atom. The van der Waals surface area contributed by atoms with Crippen LogP contribution in [0.25, 0.3) is 0 Å². The quantitative estimate of drug-likeness (QED) is 0.532. The van der Waals surface area contributed by atoms with Crippen LogP contribution in [0, 0.1) is 5.92 Å². The molecule has 0 N–H and O–H groups in total. The topological polar surface area (TPSA) is 110 Å². The summed E-state index contributed by atoms with van der Waals surface area (Å²) in [6.45, 7) is 3.17. The number of rotatable bonds is 6. The van der Waals surface area contributed by atoms with Crippen LogP contribution < -0.4 is 0 Å². The van der Waals surface area contributed by atoms with Gasteiger partial charge in [-0.05, 0) is 24.5 Å². The molecule has 0 radical (unpaired) electrons. The van der Waals surface area contributed by atoms with Crippen molar-refractivity contribution in [1.82, 2.24) is 9.80 Å². The SMILES string of the molecule is CC(C)C[C@@H](C(=O)OCC(=O)N1CCOC1=O)N1C(=O)c2ccccc2C1=O. The van der Waals surface area contributed by atoms with Crippen molar-refractivity contribution in [2.24, 2.45) is 5.92 Å². The Morgan fingerprint density at radius 1 is 1.11 bits per heavy atom. The van der Waals surface area contributed by atoms with E-state index in [1.807, 2.05) is 13.8 Å². The van der Waals surface area contributed by atoms with E-state index in [0.29, 0.717) is 0 Å². The number of esters is 1. The summed E-state index contributed by atoms with van der Waals surface area (Å²) in [5.41, 5.74) is 0.454. The molecular formula is C19H20N2O7. The molecule has 0 bridgehead atoms.